The molecule has 1 atom stereocenters. The molecule has 0 aromatic heterocycles. The van der Waals surface area contributed by atoms with E-state index in [0.717, 1.165) is 0 Å². The largest absolute Gasteiger partial charge is 0.465 e. The Morgan fingerprint density at radius 2 is 2.00 bits per heavy atom. The molecule has 0 fully saturated rings. The van der Waals surface area contributed by atoms with Gasteiger partial charge in [0, 0.05) is 6.42 Å². The Hall–Kier alpha value is -1.37. The molecule has 0 saturated carbocycles. The molecule has 0 aliphatic rings. The highest BCUT2D eigenvalue weighted by molar-refractivity contribution is 5.82. The smallest absolute Gasteiger partial charge is 0.326 e. The van der Waals surface area contributed by atoms with Crippen LogP contribution in [-0.2, 0) is 14.3 Å². The molecule has 1 unspecified atom stereocenters. The second-order valence-corrected chi connectivity index (χ2v) is 3.47. The molecule has 0 aromatic carbocycles. The summed E-state index contributed by atoms with van der Waals surface area (Å²) < 4.78 is 4.85. The Labute approximate surface area is 90.2 Å². The van der Waals surface area contributed by atoms with Gasteiger partial charge < -0.3 is 9.53 Å². The number of Topliss-reactive ketones (excluding diaryl/α,β-unsaturated/α-hetero) is 1. The van der Waals surface area contributed by atoms with Crippen molar-refractivity contribution in [3.63, 3.8) is 0 Å². The number of rotatable bonds is 6. The highest BCUT2D eigenvalue weighted by Crippen LogP contribution is 2.29. The van der Waals surface area contributed by atoms with Gasteiger partial charge in [-0.2, -0.15) is 5.26 Å². The fourth-order valence-corrected chi connectivity index (χ4v) is 1.26. The van der Waals surface area contributed by atoms with Crippen LogP contribution in [0.3, 0.4) is 0 Å². The van der Waals surface area contributed by atoms with Crippen molar-refractivity contribution in [3.8, 4) is 6.07 Å². The van der Waals surface area contributed by atoms with Crippen LogP contribution in [0.15, 0.2) is 0 Å². The summed E-state index contributed by atoms with van der Waals surface area (Å²) in [7, 11) is 0. The van der Waals surface area contributed by atoms with Crippen LogP contribution < -0.4 is 0 Å². The average Bonchev–Trinajstić information content (AvgIpc) is 2.20. The predicted molar refractivity (Wildman–Crippen MR) is 54.9 cm³/mol. The maximum atomic E-state index is 11.6. The lowest BCUT2D eigenvalue weighted by Crippen LogP contribution is -2.31. The molecule has 0 N–H and O–H groups in total. The number of ketones is 1. The summed E-state index contributed by atoms with van der Waals surface area (Å²) >= 11 is 0. The van der Waals surface area contributed by atoms with Crippen LogP contribution in [0.2, 0.25) is 0 Å². The van der Waals surface area contributed by atoms with Crippen LogP contribution in [0.5, 0.6) is 0 Å². The van der Waals surface area contributed by atoms with E-state index >= 15 is 0 Å². The first-order valence-electron chi connectivity index (χ1n) is 5.10. The Morgan fingerprint density at radius 1 is 1.40 bits per heavy atom. The average molecular weight is 211 g/mol. The molecule has 0 amide bonds. The predicted octanol–water partition coefficient (Wildman–Crippen LogP) is 1.84. The van der Waals surface area contributed by atoms with Crippen LogP contribution in [0.4, 0.5) is 0 Å². The van der Waals surface area contributed by atoms with E-state index in [1.165, 1.54) is 6.92 Å². The molecule has 0 aliphatic heterocycles. The minimum Gasteiger partial charge on any atom is -0.465 e. The molecule has 0 aromatic rings. The van der Waals surface area contributed by atoms with E-state index in [1.54, 1.807) is 13.8 Å². The molecule has 0 rings (SSSR count). The van der Waals surface area contributed by atoms with E-state index in [9.17, 15) is 9.59 Å². The second-order valence-electron chi connectivity index (χ2n) is 3.47. The summed E-state index contributed by atoms with van der Waals surface area (Å²) in [6.07, 6.45) is 0.851. The minimum absolute atomic E-state index is 0.0210. The molecule has 15 heavy (non-hydrogen) atoms. The van der Waals surface area contributed by atoms with Gasteiger partial charge in [0.1, 0.15) is 5.78 Å². The van der Waals surface area contributed by atoms with Crippen molar-refractivity contribution in [1.29, 1.82) is 5.26 Å². The van der Waals surface area contributed by atoms with Gasteiger partial charge in [-0.15, -0.1) is 0 Å². The van der Waals surface area contributed by atoms with Crippen molar-refractivity contribution in [2.75, 3.05) is 6.61 Å². The highest BCUT2D eigenvalue weighted by atomic mass is 16.5. The van der Waals surface area contributed by atoms with Crippen molar-refractivity contribution in [1.82, 2.24) is 0 Å². The van der Waals surface area contributed by atoms with Crippen LogP contribution >= 0.6 is 0 Å². The number of nitriles is 1. The van der Waals surface area contributed by atoms with Gasteiger partial charge in [0.25, 0.3) is 0 Å². The van der Waals surface area contributed by atoms with Gasteiger partial charge in [-0.3, -0.25) is 4.79 Å². The molecule has 0 bridgehead atoms. The zero-order valence-electron chi connectivity index (χ0n) is 9.50. The topological polar surface area (TPSA) is 67.2 Å². The SMILES string of the molecule is CCOC(=O)C(C#N)(CC)CCC(C)=O. The standard InChI is InChI=1S/C11H17NO3/c1-4-11(8-12,7-6-9(3)13)10(14)15-5-2/h4-7H2,1-3H3. The lowest BCUT2D eigenvalue weighted by Gasteiger charge is -2.21. The lowest BCUT2D eigenvalue weighted by atomic mass is 9.81. The lowest BCUT2D eigenvalue weighted by molar-refractivity contribution is -0.152. The number of nitrogens with zero attached hydrogens (tertiary/aromatic N) is 1. The number of hydrogen-bond acceptors (Lipinski definition) is 4. The third-order valence-electron chi connectivity index (χ3n) is 2.39. The van der Waals surface area contributed by atoms with Gasteiger partial charge >= 0.3 is 5.97 Å². The first kappa shape index (κ1) is 13.6. The molecule has 0 aliphatic carbocycles. The summed E-state index contributed by atoms with van der Waals surface area (Å²) in [5, 5.41) is 9.02. The molecular formula is C11H17NO3. The van der Waals surface area contributed by atoms with E-state index in [-0.39, 0.29) is 25.2 Å². The number of carbonyl (C=O) groups is 2. The molecule has 0 spiro atoms. The van der Waals surface area contributed by atoms with Crippen molar-refractivity contribution in [3.05, 3.63) is 0 Å². The summed E-state index contributed by atoms with van der Waals surface area (Å²) in [5.74, 6) is -0.538. The van der Waals surface area contributed by atoms with E-state index in [0.29, 0.717) is 6.42 Å². The van der Waals surface area contributed by atoms with Crippen molar-refractivity contribution >= 4 is 11.8 Å². The van der Waals surface area contributed by atoms with Crippen LogP contribution in [-0.4, -0.2) is 18.4 Å². The Bertz CT molecular complexity index is 280. The zero-order chi connectivity index (χ0) is 11.9. The monoisotopic (exact) mass is 211 g/mol. The van der Waals surface area contributed by atoms with Gasteiger partial charge in [-0.25, -0.2) is 0 Å². The first-order chi connectivity index (χ1) is 7.02. The Kier molecular flexibility index (Phi) is 5.61. The summed E-state index contributed by atoms with van der Waals surface area (Å²) in [6.45, 7) is 5.15. The fourth-order valence-electron chi connectivity index (χ4n) is 1.26. The Morgan fingerprint density at radius 3 is 2.33 bits per heavy atom. The fraction of sp³-hybridized carbons (Fsp3) is 0.727. The van der Waals surface area contributed by atoms with E-state index in [4.69, 9.17) is 10.00 Å². The van der Waals surface area contributed by atoms with Gasteiger partial charge in [-0.05, 0) is 26.7 Å². The zero-order valence-corrected chi connectivity index (χ0v) is 9.50. The van der Waals surface area contributed by atoms with Crippen LogP contribution in [0.1, 0.15) is 40.0 Å². The molecule has 0 radical (unpaired) electrons. The van der Waals surface area contributed by atoms with Gasteiger partial charge in [0.15, 0.2) is 5.41 Å². The van der Waals surface area contributed by atoms with Gasteiger partial charge in [0.05, 0.1) is 12.7 Å². The second kappa shape index (κ2) is 6.18. The molecule has 4 nitrogen and oxygen atoms in total. The van der Waals surface area contributed by atoms with E-state index in [1.807, 2.05) is 6.07 Å². The molecule has 0 saturated heterocycles. The van der Waals surface area contributed by atoms with E-state index in [2.05, 4.69) is 0 Å². The summed E-state index contributed by atoms with van der Waals surface area (Å²) in [6, 6.07) is 1.98. The third kappa shape index (κ3) is 3.70. The third-order valence-corrected chi connectivity index (χ3v) is 2.39. The normalized spacial score (nSPS) is 13.7. The number of esters is 1. The van der Waals surface area contributed by atoms with Crippen molar-refractivity contribution in [2.24, 2.45) is 5.41 Å². The first-order valence-corrected chi connectivity index (χ1v) is 5.10. The minimum atomic E-state index is -1.15. The summed E-state index contributed by atoms with van der Waals surface area (Å²) in [4.78, 5) is 22.4. The van der Waals surface area contributed by atoms with Crippen molar-refractivity contribution < 1.29 is 14.3 Å². The van der Waals surface area contributed by atoms with Gasteiger partial charge in [-0.1, -0.05) is 6.92 Å². The molecule has 0 heterocycles. The maximum absolute atomic E-state index is 11.6. The van der Waals surface area contributed by atoms with E-state index < -0.39 is 11.4 Å². The van der Waals surface area contributed by atoms with Crippen molar-refractivity contribution in [2.45, 2.75) is 40.0 Å². The highest BCUT2D eigenvalue weighted by Gasteiger charge is 2.38. The molecule has 84 valence electrons. The maximum Gasteiger partial charge on any atom is 0.326 e. The number of carbonyl (C=O) groups excluding carboxylic acids is 2. The molecular weight excluding hydrogens is 194 g/mol. The number of hydrogen-bond donors (Lipinski definition) is 0. The van der Waals surface area contributed by atoms with Crippen LogP contribution in [0.25, 0.3) is 0 Å². The summed E-state index contributed by atoms with van der Waals surface area (Å²) in [5.41, 5.74) is -1.15. The molecule has 4 heteroatoms. The Balaban J connectivity index is 4.65. The van der Waals surface area contributed by atoms with Crippen LogP contribution in [0, 0.1) is 16.7 Å². The van der Waals surface area contributed by atoms with Gasteiger partial charge in [0.2, 0.25) is 0 Å². The quantitative estimate of drug-likeness (QED) is 0.629. The number of ether oxygens (including phenoxy) is 1.